The SMILES string of the molecule is Cc1nc(C)n(C(=O)N2CC3(C2)CN(C(C)C)CCO3)n1. The van der Waals surface area contributed by atoms with Crippen molar-refractivity contribution in [2.45, 2.75) is 39.3 Å². The zero-order chi connectivity index (χ0) is 15.2. The van der Waals surface area contributed by atoms with Crippen molar-refractivity contribution >= 4 is 6.03 Å². The summed E-state index contributed by atoms with van der Waals surface area (Å²) < 4.78 is 7.33. The Morgan fingerprint density at radius 1 is 1.29 bits per heavy atom. The first kappa shape index (κ1) is 14.5. The molecule has 2 aliphatic heterocycles. The number of rotatable bonds is 1. The first-order chi connectivity index (χ1) is 9.90. The second kappa shape index (κ2) is 5.06. The second-order valence-corrected chi connectivity index (χ2v) is 6.35. The Balaban J connectivity index is 1.65. The lowest BCUT2D eigenvalue weighted by molar-refractivity contribution is -0.175. The van der Waals surface area contributed by atoms with Gasteiger partial charge in [0.2, 0.25) is 0 Å². The molecule has 3 heterocycles. The molecule has 0 radical (unpaired) electrons. The van der Waals surface area contributed by atoms with Crippen LogP contribution in [0.25, 0.3) is 0 Å². The fourth-order valence-corrected chi connectivity index (χ4v) is 3.13. The van der Waals surface area contributed by atoms with Crippen molar-refractivity contribution < 1.29 is 9.53 Å². The van der Waals surface area contributed by atoms with Crippen LogP contribution in [0.5, 0.6) is 0 Å². The van der Waals surface area contributed by atoms with Crippen LogP contribution < -0.4 is 0 Å². The highest BCUT2D eigenvalue weighted by atomic mass is 16.5. The number of hydrogen-bond donors (Lipinski definition) is 0. The summed E-state index contributed by atoms with van der Waals surface area (Å²) in [5, 5.41) is 4.15. The molecule has 0 unspecified atom stereocenters. The number of amides is 1. The minimum Gasteiger partial charge on any atom is -0.369 e. The van der Waals surface area contributed by atoms with Crippen molar-refractivity contribution in [2.24, 2.45) is 0 Å². The Kier molecular flexibility index (Phi) is 3.49. The Hall–Kier alpha value is -1.47. The minimum absolute atomic E-state index is 0.107. The van der Waals surface area contributed by atoms with Gasteiger partial charge in [-0.25, -0.2) is 9.78 Å². The fraction of sp³-hybridized carbons (Fsp3) is 0.786. The summed E-state index contributed by atoms with van der Waals surface area (Å²) in [5.74, 6) is 1.25. The molecule has 7 heteroatoms. The molecule has 0 aliphatic carbocycles. The molecule has 2 fully saturated rings. The van der Waals surface area contributed by atoms with E-state index < -0.39 is 0 Å². The largest absolute Gasteiger partial charge is 0.369 e. The normalized spacial score (nSPS) is 21.9. The molecule has 3 rings (SSSR count). The summed E-state index contributed by atoms with van der Waals surface area (Å²) >= 11 is 0. The molecule has 1 amide bonds. The first-order valence-electron chi connectivity index (χ1n) is 7.48. The van der Waals surface area contributed by atoms with Gasteiger partial charge < -0.3 is 9.64 Å². The van der Waals surface area contributed by atoms with Gasteiger partial charge >= 0.3 is 6.03 Å². The van der Waals surface area contributed by atoms with Gasteiger partial charge in [-0.3, -0.25) is 4.90 Å². The number of morpholine rings is 1. The number of aromatic nitrogens is 3. The zero-order valence-corrected chi connectivity index (χ0v) is 13.2. The number of carbonyl (C=O) groups is 1. The second-order valence-electron chi connectivity index (χ2n) is 6.35. The van der Waals surface area contributed by atoms with Gasteiger partial charge in [0, 0.05) is 19.1 Å². The monoisotopic (exact) mass is 293 g/mol. The molecule has 2 aliphatic rings. The van der Waals surface area contributed by atoms with Crippen LogP contribution in [0, 0.1) is 13.8 Å². The van der Waals surface area contributed by atoms with E-state index in [1.54, 1.807) is 18.7 Å². The maximum atomic E-state index is 12.4. The molecular weight excluding hydrogens is 270 g/mol. The molecule has 7 nitrogen and oxygen atoms in total. The van der Waals surface area contributed by atoms with E-state index in [1.807, 2.05) is 0 Å². The molecule has 116 valence electrons. The van der Waals surface area contributed by atoms with E-state index in [9.17, 15) is 4.79 Å². The van der Waals surface area contributed by atoms with Crippen molar-refractivity contribution in [3.05, 3.63) is 11.6 Å². The lowest BCUT2D eigenvalue weighted by Gasteiger charge is -2.54. The number of carbonyl (C=O) groups excluding carboxylic acids is 1. The number of aryl methyl sites for hydroxylation is 2. The van der Waals surface area contributed by atoms with Crippen LogP contribution in [0.1, 0.15) is 25.5 Å². The Labute approximate surface area is 124 Å². The van der Waals surface area contributed by atoms with E-state index in [2.05, 4.69) is 28.8 Å². The van der Waals surface area contributed by atoms with E-state index in [0.29, 0.717) is 30.8 Å². The Morgan fingerprint density at radius 3 is 2.57 bits per heavy atom. The number of nitrogens with zero attached hydrogens (tertiary/aromatic N) is 5. The van der Waals surface area contributed by atoms with Gasteiger partial charge in [-0.05, 0) is 27.7 Å². The van der Waals surface area contributed by atoms with Crippen LogP contribution in [0.3, 0.4) is 0 Å². The molecule has 0 aromatic carbocycles. The highest BCUT2D eigenvalue weighted by Gasteiger charge is 2.50. The van der Waals surface area contributed by atoms with E-state index in [0.717, 1.165) is 19.7 Å². The van der Waals surface area contributed by atoms with Crippen LogP contribution in [0.4, 0.5) is 4.79 Å². The third kappa shape index (κ3) is 2.55. The number of ether oxygens (including phenoxy) is 1. The minimum atomic E-state index is -0.193. The maximum absolute atomic E-state index is 12.4. The molecule has 1 aromatic heterocycles. The van der Waals surface area contributed by atoms with Gasteiger partial charge in [-0.15, -0.1) is 5.10 Å². The molecule has 1 aromatic rings. The van der Waals surface area contributed by atoms with Gasteiger partial charge in [-0.2, -0.15) is 4.68 Å². The maximum Gasteiger partial charge on any atom is 0.346 e. The fourth-order valence-electron chi connectivity index (χ4n) is 3.13. The van der Waals surface area contributed by atoms with Crippen molar-refractivity contribution in [3.63, 3.8) is 0 Å². The molecule has 2 saturated heterocycles. The average molecular weight is 293 g/mol. The Morgan fingerprint density at radius 2 is 2.00 bits per heavy atom. The average Bonchev–Trinajstić information content (AvgIpc) is 2.74. The lowest BCUT2D eigenvalue weighted by atomic mass is 9.91. The molecule has 1 spiro atoms. The molecule has 0 N–H and O–H groups in total. The number of hydrogen-bond acceptors (Lipinski definition) is 5. The van der Waals surface area contributed by atoms with Crippen LogP contribution in [-0.2, 0) is 4.74 Å². The van der Waals surface area contributed by atoms with Gasteiger partial charge in [0.25, 0.3) is 0 Å². The predicted octanol–water partition coefficient (Wildman–Crippen LogP) is 0.658. The molecule has 0 bridgehead atoms. The highest BCUT2D eigenvalue weighted by molar-refractivity contribution is 5.77. The lowest BCUT2D eigenvalue weighted by Crippen LogP contribution is -2.72. The molecule has 0 atom stereocenters. The van der Waals surface area contributed by atoms with E-state index in [4.69, 9.17) is 4.74 Å². The van der Waals surface area contributed by atoms with Gasteiger partial charge in [0.1, 0.15) is 17.2 Å². The van der Waals surface area contributed by atoms with Crippen LogP contribution in [0.2, 0.25) is 0 Å². The van der Waals surface area contributed by atoms with E-state index in [1.165, 1.54) is 4.68 Å². The van der Waals surface area contributed by atoms with Crippen LogP contribution >= 0.6 is 0 Å². The van der Waals surface area contributed by atoms with Crippen molar-refractivity contribution in [3.8, 4) is 0 Å². The van der Waals surface area contributed by atoms with Crippen LogP contribution in [-0.4, -0.2) is 75.0 Å². The topological polar surface area (TPSA) is 63.5 Å². The van der Waals surface area contributed by atoms with Crippen molar-refractivity contribution in [1.29, 1.82) is 0 Å². The quantitative estimate of drug-likeness (QED) is 0.761. The number of likely N-dealkylation sites (tertiary alicyclic amines) is 1. The van der Waals surface area contributed by atoms with Crippen LogP contribution in [0.15, 0.2) is 0 Å². The molecule has 0 saturated carbocycles. The zero-order valence-electron chi connectivity index (χ0n) is 13.2. The third-order valence-corrected chi connectivity index (χ3v) is 4.29. The van der Waals surface area contributed by atoms with Crippen molar-refractivity contribution in [1.82, 2.24) is 24.6 Å². The summed E-state index contributed by atoms with van der Waals surface area (Å²) in [4.78, 5) is 20.8. The van der Waals surface area contributed by atoms with Crippen molar-refractivity contribution in [2.75, 3.05) is 32.8 Å². The highest BCUT2D eigenvalue weighted by Crippen LogP contribution is 2.30. The van der Waals surface area contributed by atoms with E-state index in [-0.39, 0.29) is 11.6 Å². The summed E-state index contributed by atoms with van der Waals surface area (Å²) in [5.41, 5.74) is -0.193. The summed E-state index contributed by atoms with van der Waals surface area (Å²) in [7, 11) is 0. The smallest absolute Gasteiger partial charge is 0.346 e. The first-order valence-corrected chi connectivity index (χ1v) is 7.48. The standard InChI is InChI=1S/C14H23N5O2/c1-10(2)17-5-6-21-14(7-17)8-18(9-14)13(20)19-12(4)15-11(3)16-19/h10H,5-9H2,1-4H3. The summed E-state index contributed by atoms with van der Waals surface area (Å²) in [6.45, 7) is 11.8. The van der Waals surface area contributed by atoms with Gasteiger partial charge in [0.15, 0.2) is 0 Å². The Bertz CT molecular complexity index is 548. The van der Waals surface area contributed by atoms with Gasteiger partial charge in [0.05, 0.1) is 19.7 Å². The summed E-state index contributed by atoms with van der Waals surface area (Å²) in [6, 6.07) is 0.403. The van der Waals surface area contributed by atoms with Gasteiger partial charge in [-0.1, -0.05) is 0 Å². The van der Waals surface area contributed by atoms with E-state index >= 15 is 0 Å². The summed E-state index contributed by atoms with van der Waals surface area (Å²) in [6.07, 6.45) is 0. The predicted molar refractivity (Wildman–Crippen MR) is 77.3 cm³/mol. The third-order valence-electron chi connectivity index (χ3n) is 4.29. The molecule has 21 heavy (non-hydrogen) atoms. The molecular formula is C14H23N5O2.